The van der Waals surface area contributed by atoms with Crippen LogP contribution in [0.2, 0.25) is 0 Å². The molecule has 4 N–H and O–H groups in total. The summed E-state index contributed by atoms with van der Waals surface area (Å²) in [5.74, 6) is -0.282. The summed E-state index contributed by atoms with van der Waals surface area (Å²) >= 11 is 0. The summed E-state index contributed by atoms with van der Waals surface area (Å²) in [7, 11) is 3.41. The highest BCUT2D eigenvalue weighted by molar-refractivity contribution is 6.08. The third kappa shape index (κ3) is 2.87. The quantitative estimate of drug-likeness (QED) is 0.483. The molecule has 0 saturated heterocycles. The van der Waals surface area contributed by atoms with Crippen molar-refractivity contribution in [3.05, 3.63) is 39.6 Å². The van der Waals surface area contributed by atoms with Gasteiger partial charge in [0.05, 0.1) is 28.3 Å². The maximum Gasteiger partial charge on any atom is 0.300 e. The van der Waals surface area contributed by atoms with Crippen LogP contribution in [0.15, 0.2) is 18.3 Å². The molecule has 1 aromatic heterocycles. The van der Waals surface area contributed by atoms with Crippen LogP contribution < -0.4 is 21.1 Å². The van der Waals surface area contributed by atoms with Crippen molar-refractivity contribution in [1.29, 1.82) is 0 Å². The first-order valence-electron chi connectivity index (χ1n) is 8.01. The maximum atomic E-state index is 11.8. The van der Waals surface area contributed by atoms with Crippen molar-refractivity contribution in [3.63, 3.8) is 0 Å². The van der Waals surface area contributed by atoms with E-state index in [9.17, 15) is 14.9 Å². The van der Waals surface area contributed by atoms with Crippen molar-refractivity contribution in [2.75, 3.05) is 31.3 Å². The number of hydrogen-bond donors (Lipinski definition) is 2. The fraction of sp³-hybridized carbons (Fsp3) is 0.294. The number of anilines is 2. The fourth-order valence-electron chi connectivity index (χ4n) is 3.09. The van der Waals surface area contributed by atoms with Gasteiger partial charge in [0.15, 0.2) is 0 Å². The minimum Gasteiger partial charge on any atom is -0.477 e. The Hall–Kier alpha value is -3.36. The van der Waals surface area contributed by atoms with E-state index in [-0.39, 0.29) is 22.5 Å². The summed E-state index contributed by atoms with van der Waals surface area (Å²) in [6.45, 7) is 0.602. The number of nitro benzene ring substituents is 1. The molecule has 0 fully saturated rings. The van der Waals surface area contributed by atoms with Gasteiger partial charge in [-0.15, -0.1) is 0 Å². The van der Waals surface area contributed by atoms with Gasteiger partial charge in [-0.2, -0.15) is 0 Å². The molecule has 0 atom stereocenters. The monoisotopic (exact) mass is 357 g/mol. The van der Waals surface area contributed by atoms with E-state index in [0.717, 1.165) is 18.4 Å². The van der Waals surface area contributed by atoms with E-state index < -0.39 is 10.8 Å². The van der Waals surface area contributed by atoms with Crippen LogP contribution in [-0.4, -0.2) is 36.5 Å². The highest BCUT2D eigenvalue weighted by Crippen LogP contribution is 2.42. The molecule has 1 aliphatic heterocycles. The average Bonchev–Trinajstić information content (AvgIpc) is 2.59. The second-order valence-corrected chi connectivity index (χ2v) is 6.24. The lowest BCUT2D eigenvalue weighted by Gasteiger charge is -2.20. The number of nitrogens with zero attached hydrogens (tertiary/aromatic N) is 3. The molecule has 0 radical (unpaired) electrons. The average molecular weight is 357 g/mol. The van der Waals surface area contributed by atoms with Crippen LogP contribution in [-0.2, 0) is 6.42 Å². The Morgan fingerprint density at radius 2 is 2.12 bits per heavy atom. The molecule has 26 heavy (non-hydrogen) atoms. The lowest BCUT2D eigenvalue weighted by atomic mass is 9.96. The molecule has 1 aliphatic rings. The number of benzene rings is 1. The van der Waals surface area contributed by atoms with Gasteiger partial charge in [-0.05, 0) is 25.0 Å². The number of nitrogen functional groups attached to an aromatic ring is 1. The number of aryl methyl sites for hydroxylation is 1. The zero-order valence-corrected chi connectivity index (χ0v) is 14.5. The number of carbonyl (C=O) groups excluding carboxylic acids is 1. The molecular formula is C17H19N5O4. The number of aromatic nitrogens is 1. The first-order valence-corrected chi connectivity index (χ1v) is 8.01. The third-order valence-corrected chi connectivity index (χ3v) is 4.29. The Labute approximate surface area is 149 Å². The van der Waals surface area contributed by atoms with E-state index in [0.29, 0.717) is 23.7 Å². The van der Waals surface area contributed by atoms with Crippen molar-refractivity contribution in [2.45, 2.75) is 12.8 Å². The standard InChI is InChI=1S/C17H19N5O4/c1-21(2)12-7-11(15(22(24)25)14(18)13(12)16(19)23)10-6-9-4-3-5-26-17(9)20-8-10/h6-8H,3-5,18H2,1-2H3,(H2,19,23). The summed E-state index contributed by atoms with van der Waals surface area (Å²) in [5, 5.41) is 11.7. The van der Waals surface area contributed by atoms with Gasteiger partial charge in [-0.1, -0.05) is 0 Å². The Balaban J connectivity index is 2.30. The number of nitrogens with two attached hydrogens (primary N) is 2. The Kier molecular flexibility index (Phi) is 4.37. The number of amides is 1. The first-order chi connectivity index (χ1) is 12.3. The van der Waals surface area contributed by atoms with Gasteiger partial charge in [0.25, 0.3) is 5.91 Å². The van der Waals surface area contributed by atoms with E-state index >= 15 is 0 Å². The van der Waals surface area contributed by atoms with E-state index in [1.54, 1.807) is 25.1 Å². The van der Waals surface area contributed by atoms with Crippen LogP contribution in [0, 0.1) is 10.1 Å². The zero-order valence-electron chi connectivity index (χ0n) is 14.5. The highest BCUT2D eigenvalue weighted by Gasteiger charge is 2.29. The summed E-state index contributed by atoms with van der Waals surface area (Å²) in [5.41, 5.74) is 12.8. The van der Waals surface area contributed by atoms with Crippen LogP contribution in [0.25, 0.3) is 11.1 Å². The number of primary amides is 1. The summed E-state index contributed by atoms with van der Waals surface area (Å²) < 4.78 is 5.49. The SMILES string of the molecule is CN(C)c1cc(-c2cnc3c(c2)CCCO3)c([N+](=O)[O-])c(N)c1C(N)=O. The van der Waals surface area contributed by atoms with Crippen molar-refractivity contribution in [1.82, 2.24) is 4.98 Å². The van der Waals surface area contributed by atoms with Crippen molar-refractivity contribution < 1.29 is 14.5 Å². The molecule has 0 bridgehead atoms. The van der Waals surface area contributed by atoms with Gasteiger partial charge in [-0.3, -0.25) is 14.9 Å². The molecule has 2 aromatic rings. The van der Waals surface area contributed by atoms with Gasteiger partial charge in [0.1, 0.15) is 5.69 Å². The van der Waals surface area contributed by atoms with Gasteiger partial charge >= 0.3 is 5.69 Å². The fourth-order valence-corrected chi connectivity index (χ4v) is 3.09. The summed E-state index contributed by atoms with van der Waals surface area (Å²) in [6, 6.07) is 3.36. The molecule has 0 aliphatic carbocycles. The molecule has 0 saturated carbocycles. The second kappa shape index (κ2) is 6.51. The van der Waals surface area contributed by atoms with Crippen LogP contribution >= 0.6 is 0 Å². The van der Waals surface area contributed by atoms with Gasteiger partial charge in [0, 0.05) is 31.4 Å². The summed E-state index contributed by atoms with van der Waals surface area (Å²) in [4.78, 5) is 28.8. The number of ether oxygens (including phenoxy) is 1. The third-order valence-electron chi connectivity index (χ3n) is 4.29. The molecule has 0 unspecified atom stereocenters. The van der Waals surface area contributed by atoms with E-state index in [1.807, 2.05) is 6.07 Å². The number of nitro groups is 1. The van der Waals surface area contributed by atoms with Crippen LogP contribution in [0.1, 0.15) is 22.3 Å². The highest BCUT2D eigenvalue weighted by atomic mass is 16.6. The van der Waals surface area contributed by atoms with Crippen molar-refractivity contribution in [2.24, 2.45) is 5.73 Å². The normalized spacial score (nSPS) is 12.8. The predicted molar refractivity (Wildman–Crippen MR) is 97.4 cm³/mol. The first kappa shape index (κ1) is 17.5. The van der Waals surface area contributed by atoms with Crippen LogP contribution in [0.3, 0.4) is 0 Å². The maximum absolute atomic E-state index is 11.8. The molecule has 3 rings (SSSR count). The second-order valence-electron chi connectivity index (χ2n) is 6.24. The van der Waals surface area contributed by atoms with Gasteiger partial charge in [-0.25, -0.2) is 4.98 Å². The number of pyridine rings is 1. The Bertz CT molecular complexity index is 911. The lowest BCUT2D eigenvalue weighted by molar-refractivity contribution is -0.383. The van der Waals surface area contributed by atoms with E-state index in [4.69, 9.17) is 16.2 Å². The number of carbonyl (C=O) groups is 1. The molecule has 9 heteroatoms. The van der Waals surface area contributed by atoms with Gasteiger partial charge < -0.3 is 21.1 Å². The molecule has 0 spiro atoms. The Morgan fingerprint density at radius 1 is 1.38 bits per heavy atom. The molecule has 1 amide bonds. The zero-order chi connectivity index (χ0) is 19.0. The number of fused-ring (bicyclic) bond motifs is 1. The molecule has 9 nitrogen and oxygen atoms in total. The molecule has 136 valence electrons. The van der Waals surface area contributed by atoms with Gasteiger partial charge in [0.2, 0.25) is 5.88 Å². The minimum atomic E-state index is -0.821. The van der Waals surface area contributed by atoms with Crippen molar-refractivity contribution >= 4 is 23.0 Å². The Morgan fingerprint density at radius 3 is 2.73 bits per heavy atom. The summed E-state index contributed by atoms with van der Waals surface area (Å²) in [6.07, 6.45) is 3.14. The van der Waals surface area contributed by atoms with E-state index in [1.165, 1.54) is 6.20 Å². The minimum absolute atomic E-state index is 0.0697. The molecule has 1 aromatic carbocycles. The largest absolute Gasteiger partial charge is 0.477 e. The van der Waals surface area contributed by atoms with Crippen molar-refractivity contribution in [3.8, 4) is 17.0 Å². The lowest BCUT2D eigenvalue weighted by Crippen LogP contribution is -2.21. The van der Waals surface area contributed by atoms with Crippen LogP contribution in [0.5, 0.6) is 5.88 Å². The van der Waals surface area contributed by atoms with E-state index in [2.05, 4.69) is 4.98 Å². The number of rotatable bonds is 4. The predicted octanol–water partition coefficient (Wildman–Crippen LogP) is 1.73. The topological polar surface area (TPSA) is 138 Å². The molecular weight excluding hydrogens is 338 g/mol. The smallest absolute Gasteiger partial charge is 0.300 e. The number of hydrogen-bond acceptors (Lipinski definition) is 7. The van der Waals surface area contributed by atoms with Crippen LogP contribution in [0.4, 0.5) is 17.1 Å². The molecule has 2 heterocycles.